The molecule has 1 aromatic carbocycles. The number of rotatable bonds is 4. The molecule has 0 saturated carbocycles. The van der Waals surface area contributed by atoms with E-state index in [2.05, 4.69) is 47.1 Å². The molecule has 104 valence electrons. The number of nitrogens with zero attached hydrogens (tertiary/aromatic N) is 3. The fourth-order valence-corrected chi connectivity index (χ4v) is 3.01. The smallest absolute Gasteiger partial charge is 0.151 e. The van der Waals surface area contributed by atoms with Gasteiger partial charge in [0.05, 0.1) is 16.1 Å². The number of hydrogen-bond acceptors (Lipinski definition) is 4. The summed E-state index contributed by atoms with van der Waals surface area (Å²) in [6, 6.07) is 10.1. The molecule has 0 bridgehead atoms. The van der Waals surface area contributed by atoms with Crippen LogP contribution in [0.3, 0.4) is 0 Å². The van der Waals surface area contributed by atoms with E-state index in [0.29, 0.717) is 0 Å². The Bertz CT molecular complexity index is 713. The SMILES string of the molecule is CN(C)CCn1c(-c2cccs2)nc2c(N)cccc21. The van der Waals surface area contributed by atoms with Crippen LogP contribution in [0.4, 0.5) is 5.69 Å². The van der Waals surface area contributed by atoms with E-state index in [-0.39, 0.29) is 0 Å². The minimum absolute atomic E-state index is 0.740. The van der Waals surface area contributed by atoms with Gasteiger partial charge in [-0.15, -0.1) is 11.3 Å². The largest absolute Gasteiger partial charge is 0.397 e. The number of fused-ring (bicyclic) bond motifs is 1. The van der Waals surface area contributed by atoms with E-state index in [0.717, 1.165) is 35.6 Å². The van der Waals surface area contributed by atoms with Crippen LogP contribution in [-0.4, -0.2) is 35.1 Å². The Labute approximate surface area is 122 Å². The van der Waals surface area contributed by atoms with E-state index < -0.39 is 0 Å². The van der Waals surface area contributed by atoms with Gasteiger partial charge < -0.3 is 15.2 Å². The van der Waals surface area contributed by atoms with Crippen LogP contribution in [0.1, 0.15) is 0 Å². The molecule has 2 aromatic heterocycles. The summed E-state index contributed by atoms with van der Waals surface area (Å²) in [4.78, 5) is 8.12. The topological polar surface area (TPSA) is 47.1 Å². The summed E-state index contributed by atoms with van der Waals surface area (Å²) in [5, 5.41) is 2.08. The van der Waals surface area contributed by atoms with Gasteiger partial charge in [0.2, 0.25) is 0 Å². The van der Waals surface area contributed by atoms with Gasteiger partial charge in [-0.2, -0.15) is 0 Å². The Balaban J connectivity index is 2.17. The van der Waals surface area contributed by atoms with Gasteiger partial charge in [0, 0.05) is 13.1 Å². The summed E-state index contributed by atoms with van der Waals surface area (Å²) < 4.78 is 2.26. The lowest BCUT2D eigenvalue weighted by Crippen LogP contribution is -2.18. The van der Waals surface area contributed by atoms with Crippen LogP contribution < -0.4 is 5.73 Å². The first-order valence-electron chi connectivity index (χ1n) is 6.60. The van der Waals surface area contributed by atoms with Crippen LogP contribution in [-0.2, 0) is 6.54 Å². The molecule has 0 amide bonds. The second-order valence-corrected chi connectivity index (χ2v) is 6.03. The molecule has 3 aromatic rings. The molecule has 4 nitrogen and oxygen atoms in total. The average molecular weight is 286 g/mol. The Morgan fingerprint density at radius 3 is 2.80 bits per heavy atom. The maximum absolute atomic E-state index is 6.06. The second-order valence-electron chi connectivity index (χ2n) is 5.08. The summed E-state index contributed by atoms with van der Waals surface area (Å²) in [6.07, 6.45) is 0. The van der Waals surface area contributed by atoms with E-state index in [1.54, 1.807) is 11.3 Å². The van der Waals surface area contributed by atoms with Crippen molar-refractivity contribution in [1.29, 1.82) is 0 Å². The standard InChI is InChI=1S/C15H18N4S/c1-18(2)8-9-19-12-6-3-5-11(16)14(12)17-15(19)13-7-4-10-20-13/h3-7,10H,8-9,16H2,1-2H3. The number of likely N-dealkylation sites (N-methyl/N-ethyl adjacent to an activating group) is 1. The van der Waals surface area contributed by atoms with E-state index in [9.17, 15) is 0 Å². The van der Waals surface area contributed by atoms with Crippen LogP contribution in [0, 0.1) is 0 Å². The first-order valence-corrected chi connectivity index (χ1v) is 7.48. The third-order valence-electron chi connectivity index (χ3n) is 3.32. The molecule has 20 heavy (non-hydrogen) atoms. The molecule has 0 unspecified atom stereocenters. The Kier molecular flexibility index (Phi) is 3.46. The van der Waals surface area contributed by atoms with Gasteiger partial charge >= 0.3 is 0 Å². The highest BCUT2D eigenvalue weighted by molar-refractivity contribution is 7.13. The molecular formula is C15H18N4S. The fraction of sp³-hybridized carbons (Fsp3) is 0.267. The van der Waals surface area contributed by atoms with Crippen molar-refractivity contribution in [3.05, 3.63) is 35.7 Å². The highest BCUT2D eigenvalue weighted by Gasteiger charge is 2.14. The lowest BCUT2D eigenvalue weighted by molar-refractivity contribution is 0.387. The van der Waals surface area contributed by atoms with Crippen molar-refractivity contribution in [2.75, 3.05) is 26.4 Å². The second kappa shape index (κ2) is 5.26. The molecule has 0 spiro atoms. The van der Waals surface area contributed by atoms with Gasteiger partial charge in [-0.25, -0.2) is 4.98 Å². The molecule has 0 saturated heterocycles. The third-order valence-corrected chi connectivity index (χ3v) is 4.19. The minimum Gasteiger partial charge on any atom is -0.397 e. The molecule has 2 heterocycles. The Morgan fingerprint density at radius 1 is 1.25 bits per heavy atom. The first-order chi connectivity index (χ1) is 9.66. The van der Waals surface area contributed by atoms with Crippen molar-refractivity contribution in [3.8, 4) is 10.7 Å². The number of thiophene rings is 1. The van der Waals surface area contributed by atoms with Crippen molar-refractivity contribution < 1.29 is 0 Å². The van der Waals surface area contributed by atoms with Gasteiger partial charge in [0.15, 0.2) is 5.82 Å². The molecule has 0 radical (unpaired) electrons. The van der Waals surface area contributed by atoms with Crippen LogP contribution in [0.5, 0.6) is 0 Å². The van der Waals surface area contributed by atoms with E-state index in [4.69, 9.17) is 10.7 Å². The summed E-state index contributed by atoms with van der Waals surface area (Å²) in [6.45, 7) is 1.87. The molecular weight excluding hydrogens is 268 g/mol. The molecule has 2 N–H and O–H groups in total. The predicted octanol–water partition coefficient (Wildman–Crippen LogP) is 2.91. The minimum atomic E-state index is 0.740. The van der Waals surface area contributed by atoms with Crippen LogP contribution in [0.2, 0.25) is 0 Å². The Hall–Kier alpha value is -1.85. The predicted molar refractivity (Wildman–Crippen MR) is 86.0 cm³/mol. The number of imidazole rings is 1. The number of para-hydroxylation sites is 1. The third kappa shape index (κ3) is 2.30. The van der Waals surface area contributed by atoms with Crippen molar-refractivity contribution in [2.24, 2.45) is 0 Å². The molecule has 3 rings (SSSR count). The summed E-state index contributed by atoms with van der Waals surface area (Å²) in [5.74, 6) is 1.01. The van der Waals surface area contributed by atoms with Crippen LogP contribution in [0.25, 0.3) is 21.7 Å². The quantitative estimate of drug-likeness (QED) is 0.750. The van der Waals surface area contributed by atoms with Crippen molar-refractivity contribution in [3.63, 3.8) is 0 Å². The Morgan fingerprint density at radius 2 is 2.10 bits per heavy atom. The number of hydrogen-bond donors (Lipinski definition) is 1. The summed E-state index contributed by atoms with van der Waals surface area (Å²) in [5.41, 5.74) is 8.81. The molecule has 0 aliphatic carbocycles. The van der Waals surface area contributed by atoms with E-state index in [1.165, 1.54) is 4.88 Å². The van der Waals surface area contributed by atoms with E-state index >= 15 is 0 Å². The fourth-order valence-electron chi connectivity index (χ4n) is 2.29. The molecule has 5 heteroatoms. The lowest BCUT2D eigenvalue weighted by atomic mass is 10.3. The maximum atomic E-state index is 6.06. The highest BCUT2D eigenvalue weighted by Crippen LogP contribution is 2.30. The normalized spacial score (nSPS) is 11.6. The van der Waals surface area contributed by atoms with Gasteiger partial charge in [0.25, 0.3) is 0 Å². The van der Waals surface area contributed by atoms with Crippen molar-refractivity contribution >= 4 is 28.1 Å². The number of nitrogens with two attached hydrogens (primary N) is 1. The van der Waals surface area contributed by atoms with Crippen LogP contribution >= 0.6 is 11.3 Å². The lowest BCUT2D eigenvalue weighted by Gasteiger charge is -2.12. The zero-order valence-corrected chi connectivity index (χ0v) is 12.5. The number of anilines is 1. The van der Waals surface area contributed by atoms with Crippen molar-refractivity contribution in [2.45, 2.75) is 6.54 Å². The zero-order chi connectivity index (χ0) is 14.1. The van der Waals surface area contributed by atoms with Gasteiger partial charge in [0.1, 0.15) is 5.52 Å². The highest BCUT2D eigenvalue weighted by atomic mass is 32.1. The first kappa shape index (κ1) is 13.1. The number of benzene rings is 1. The van der Waals surface area contributed by atoms with Crippen molar-refractivity contribution in [1.82, 2.24) is 14.5 Å². The number of nitrogen functional groups attached to an aromatic ring is 1. The molecule has 0 aliphatic heterocycles. The average Bonchev–Trinajstić information content (AvgIpc) is 3.04. The zero-order valence-electron chi connectivity index (χ0n) is 11.7. The molecule has 0 aliphatic rings. The summed E-state index contributed by atoms with van der Waals surface area (Å²) >= 11 is 1.71. The molecule has 0 fully saturated rings. The molecule has 0 atom stereocenters. The monoisotopic (exact) mass is 286 g/mol. The number of aromatic nitrogens is 2. The van der Waals surface area contributed by atoms with Gasteiger partial charge in [-0.3, -0.25) is 0 Å². The maximum Gasteiger partial charge on any atom is 0.151 e. The van der Waals surface area contributed by atoms with Gasteiger partial charge in [-0.1, -0.05) is 12.1 Å². The van der Waals surface area contributed by atoms with Crippen LogP contribution in [0.15, 0.2) is 35.7 Å². The van der Waals surface area contributed by atoms with Gasteiger partial charge in [-0.05, 0) is 37.7 Å². The van der Waals surface area contributed by atoms with E-state index in [1.807, 2.05) is 12.1 Å². The summed E-state index contributed by atoms with van der Waals surface area (Å²) in [7, 11) is 4.16.